The van der Waals surface area contributed by atoms with Crippen LogP contribution in [0.5, 0.6) is 0 Å². The molecule has 0 saturated carbocycles. The average Bonchev–Trinajstić information content (AvgIpc) is 2.56. The highest BCUT2D eigenvalue weighted by Crippen LogP contribution is 2.20. The minimum atomic E-state index is -1.06. The summed E-state index contributed by atoms with van der Waals surface area (Å²) in [5.74, 6) is 0.586. The van der Waals surface area contributed by atoms with Crippen LogP contribution in [0.1, 0.15) is 12.0 Å². The molecule has 0 spiro atoms. The molecule has 5 heteroatoms. The van der Waals surface area contributed by atoms with Gasteiger partial charge in [0.05, 0.1) is 10.7 Å². The Balaban J connectivity index is 1.73. The van der Waals surface area contributed by atoms with Crippen LogP contribution in [0.2, 0.25) is 5.02 Å². The third kappa shape index (κ3) is 6.38. The van der Waals surface area contributed by atoms with Crippen molar-refractivity contribution < 1.29 is 9.00 Å². The lowest BCUT2D eigenvalue weighted by Gasteiger charge is -2.06. The minimum Gasteiger partial charge on any atom is -0.325 e. The molecule has 0 fully saturated rings. The number of hydrogen-bond acceptors (Lipinski definition) is 2. The number of nitrogens with one attached hydrogen (secondary N) is 1. The van der Waals surface area contributed by atoms with Gasteiger partial charge in [0, 0.05) is 28.7 Å². The van der Waals surface area contributed by atoms with Crippen molar-refractivity contribution in [1.82, 2.24) is 0 Å². The van der Waals surface area contributed by atoms with Crippen LogP contribution in [0.25, 0.3) is 6.08 Å². The van der Waals surface area contributed by atoms with Gasteiger partial charge in [0.1, 0.15) is 0 Å². The first-order valence-electron chi connectivity index (χ1n) is 7.26. The van der Waals surface area contributed by atoms with Crippen molar-refractivity contribution in [3.63, 3.8) is 0 Å². The molecule has 0 saturated heterocycles. The summed E-state index contributed by atoms with van der Waals surface area (Å²) in [7, 11) is -1.06. The van der Waals surface area contributed by atoms with E-state index in [9.17, 15) is 9.00 Å². The lowest BCUT2D eigenvalue weighted by Crippen LogP contribution is -2.15. The van der Waals surface area contributed by atoms with Gasteiger partial charge in [-0.25, -0.2) is 0 Å². The van der Waals surface area contributed by atoms with Crippen molar-refractivity contribution >= 4 is 40.1 Å². The van der Waals surface area contributed by atoms with Crippen LogP contribution in [0, 0.1) is 0 Å². The Morgan fingerprint density at radius 3 is 2.52 bits per heavy atom. The van der Waals surface area contributed by atoms with Crippen molar-refractivity contribution in [3.05, 3.63) is 71.3 Å². The molecule has 0 bridgehead atoms. The summed E-state index contributed by atoms with van der Waals surface area (Å²) < 4.78 is 11.9. The van der Waals surface area contributed by atoms with E-state index in [1.54, 1.807) is 24.3 Å². The van der Waals surface area contributed by atoms with Gasteiger partial charge >= 0.3 is 0 Å². The van der Waals surface area contributed by atoms with E-state index in [-0.39, 0.29) is 12.3 Å². The average molecular weight is 348 g/mol. The zero-order chi connectivity index (χ0) is 16.5. The van der Waals surface area contributed by atoms with Gasteiger partial charge in [0.25, 0.3) is 0 Å². The van der Waals surface area contributed by atoms with E-state index in [0.717, 1.165) is 5.56 Å². The molecule has 0 aromatic heterocycles. The van der Waals surface area contributed by atoms with Gasteiger partial charge in [-0.05, 0) is 17.7 Å². The molecule has 0 aliphatic rings. The summed E-state index contributed by atoms with van der Waals surface area (Å²) in [6.45, 7) is 0. The summed E-state index contributed by atoms with van der Waals surface area (Å²) in [6.07, 6.45) is 4.01. The smallest absolute Gasteiger partial charge is 0.225 e. The molecule has 1 atom stereocenters. The molecule has 2 rings (SSSR count). The number of hydrogen-bond donors (Lipinski definition) is 1. The zero-order valence-electron chi connectivity index (χ0n) is 12.6. The number of carbonyl (C=O) groups is 1. The second-order valence-electron chi connectivity index (χ2n) is 4.90. The molecule has 0 aliphatic carbocycles. The van der Waals surface area contributed by atoms with Crippen LogP contribution in [0.3, 0.4) is 0 Å². The molecule has 3 nitrogen and oxygen atoms in total. The van der Waals surface area contributed by atoms with Crippen LogP contribution < -0.4 is 5.32 Å². The first kappa shape index (κ1) is 17.4. The van der Waals surface area contributed by atoms with E-state index < -0.39 is 10.8 Å². The van der Waals surface area contributed by atoms with Gasteiger partial charge in [-0.2, -0.15) is 0 Å². The Morgan fingerprint density at radius 1 is 1.09 bits per heavy atom. The first-order valence-corrected chi connectivity index (χ1v) is 9.12. The van der Waals surface area contributed by atoms with Crippen LogP contribution >= 0.6 is 11.6 Å². The van der Waals surface area contributed by atoms with E-state index in [1.807, 2.05) is 42.5 Å². The number of benzene rings is 2. The van der Waals surface area contributed by atoms with Gasteiger partial charge in [-0.15, -0.1) is 0 Å². The van der Waals surface area contributed by atoms with Crippen molar-refractivity contribution in [1.29, 1.82) is 0 Å². The Bertz CT molecular complexity index is 701. The summed E-state index contributed by atoms with van der Waals surface area (Å²) in [4.78, 5) is 11.8. The van der Waals surface area contributed by atoms with Crippen molar-refractivity contribution in [3.8, 4) is 0 Å². The summed E-state index contributed by atoms with van der Waals surface area (Å²) in [5.41, 5.74) is 1.65. The molecule has 120 valence electrons. The lowest BCUT2D eigenvalue weighted by atomic mass is 10.2. The van der Waals surface area contributed by atoms with Crippen LogP contribution in [-0.2, 0) is 15.6 Å². The third-order valence-corrected chi connectivity index (χ3v) is 4.65. The molecule has 23 heavy (non-hydrogen) atoms. The number of carbonyl (C=O) groups excluding carboxylic acids is 1. The fraction of sp³-hybridized carbons (Fsp3) is 0.167. The monoisotopic (exact) mass is 347 g/mol. The molecule has 2 aromatic rings. The Hall–Kier alpha value is -1.91. The molecular weight excluding hydrogens is 330 g/mol. The van der Waals surface area contributed by atoms with Crippen LogP contribution in [0.15, 0.2) is 60.7 Å². The van der Waals surface area contributed by atoms with E-state index in [0.29, 0.717) is 22.2 Å². The van der Waals surface area contributed by atoms with Gasteiger partial charge in [-0.1, -0.05) is 66.2 Å². The Kier molecular flexibility index (Phi) is 7.04. The number of anilines is 1. The molecule has 1 amide bonds. The van der Waals surface area contributed by atoms with Gasteiger partial charge < -0.3 is 5.32 Å². The number of rotatable bonds is 7. The number of para-hydroxylation sites is 1. The first-order chi connectivity index (χ1) is 11.1. The van der Waals surface area contributed by atoms with E-state index in [1.165, 1.54) is 0 Å². The fourth-order valence-corrected chi connectivity index (χ4v) is 2.99. The van der Waals surface area contributed by atoms with E-state index in [2.05, 4.69) is 5.32 Å². The molecule has 1 N–H and O–H groups in total. The van der Waals surface area contributed by atoms with E-state index >= 15 is 0 Å². The quantitative estimate of drug-likeness (QED) is 0.818. The third-order valence-electron chi connectivity index (χ3n) is 3.10. The standard InChI is InChI=1S/C18H18ClNO2S/c19-16-10-4-5-11-17(16)20-18(21)12-14-23(22)13-6-9-15-7-2-1-3-8-15/h1-11H,12-14H2,(H,20,21)/b9-6-/t23-/m1/s1. The predicted molar refractivity (Wildman–Crippen MR) is 98.1 cm³/mol. The lowest BCUT2D eigenvalue weighted by molar-refractivity contribution is -0.115. The van der Waals surface area contributed by atoms with Gasteiger partial charge in [0.15, 0.2) is 0 Å². The normalized spacial score (nSPS) is 12.2. The second-order valence-corrected chi connectivity index (χ2v) is 6.93. The van der Waals surface area contributed by atoms with Gasteiger partial charge in [0.2, 0.25) is 5.91 Å². The molecule has 0 aliphatic heterocycles. The Labute approximate surface area is 143 Å². The summed E-state index contributed by atoms with van der Waals surface area (Å²) >= 11 is 5.97. The summed E-state index contributed by atoms with van der Waals surface area (Å²) in [6, 6.07) is 16.9. The van der Waals surface area contributed by atoms with Crippen LogP contribution in [0.4, 0.5) is 5.69 Å². The molecular formula is C18H18ClNO2S. The summed E-state index contributed by atoms with van der Waals surface area (Å²) in [5, 5.41) is 3.22. The molecule has 0 unspecified atom stereocenters. The SMILES string of the molecule is O=C(CC[S@](=O)C/C=C\c1ccccc1)Nc1ccccc1Cl. The minimum absolute atomic E-state index is 0.182. The van der Waals surface area contributed by atoms with Crippen molar-refractivity contribution in [2.75, 3.05) is 16.8 Å². The molecule has 0 radical (unpaired) electrons. The topological polar surface area (TPSA) is 46.2 Å². The Morgan fingerprint density at radius 2 is 1.78 bits per heavy atom. The fourth-order valence-electron chi connectivity index (χ4n) is 1.92. The molecule has 2 aromatic carbocycles. The molecule has 0 heterocycles. The maximum atomic E-state index is 11.9. The highest BCUT2D eigenvalue weighted by molar-refractivity contribution is 7.85. The van der Waals surface area contributed by atoms with Crippen LogP contribution in [-0.4, -0.2) is 21.6 Å². The number of halogens is 1. The van der Waals surface area contributed by atoms with Crippen molar-refractivity contribution in [2.45, 2.75) is 6.42 Å². The largest absolute Gasteiger partial charge is 0.325 e. The maximum Gasteiger partial charge on any atom is 0.225 e. The predicted octanol–water partition coefficient (Wildman–Crippen LogP) is 4.13. The van der Waals surface area contributed by atoms with E-state index in [4.69, 9.17) is 11.6 Å². The second kappa shape index (κ2) is 9.28. The maximum absolute atomic E-state index is 11.9. The zero-order valence-corrected chi connectivity index (χ0v) is 14.1. The van der Waals surface area contributed by atoms with Crippen molar-refractivity contribution in [2.24, 2.45) is 0 Å². The highest BCUT2D eigenvalue weighted by atomic mass is 35.5. The number of amides is 1. The van der Waals surface area contributed by atoms with Gasteiger partial charge in [-0.3, -0.25) is 9.00 Å². The highest BCUT2D eigenvalue weighted by Gasteiger charge is 2.07.